The molecule has 0 aliphatic heterocycles. The van der Waals surface area contributed by atoms with Crippen LogP contribution < -0.4 is 20.1 Å². The number of benzene rings is 2. The number of methoxy groups -OCH3 is 1. The Hall–Kier alpha value is -2.73. The molecular formula is C21H23ClN2O4. The smallest absolute Gasteiger partial charge is 0.255 e. The van der Waals surface area contributed by atoms with Crippen LogP contribution in [0.25, 0.3) is 0 Å². The molecule has 1 aliphatic rings. The maximum Gasteiger partial charge on any atom is 0.255 e. The lowest BCUT2D eigenvalue weighted by Gasteiger charge is -2.14. The third-order valence-corrected chi connectivity index (χ3v) is 4.52. The molecular weight excluding hydrogens is 380 g/mol. The van der Waals surface area contributed by atoms with Gasteiger partial charge in [0.15, 0.2) is 11.5 Å². The highest BCUT2D eigenvalue weighted by atomic mass is 35.5. The second-order valence-electron chi connectivity index (χ2n) is 6.62. The molecule has 0 aromatic heterocycles. The lowest BCUT2D eigenvalue weighted by atomic mass is 10.1. The highest BCUT2D eigenvalue weighted by Gasteiger charge is 2.24. The van der Waals surface area contributed by atoms with Crippen LogP contribution in [0.4, 0.5) is 5.69 Å². The number of rotatable bonds is 8. The van der Waals surface area contributed by atoms with Gasteiger partial charge in [-0.15, -0.1) is 0 Å². The fourth-order valence-electron chi connectivity index (χ4n) is 2.63. The molecule has 1 aliphatic carbocycles. The van der Waals surface area contributed by atoms with E-state index in [1.54, 1.807) is 30.3 Å². The topological polar surface area (TPSA) is 76.7 Å². The second kappa shape index (κ2) is 8.97. The Morgan fingerprint density at radius 1 is 1.14 bits per heavy atom. The van der Waals surface area contributed by atoms with Gasteiger partial charge in [-0.25, -0.2) is 0 Å². The summed E-state index contributed by atoms with van der Waals surface area (Å²) >= 11 is 6.28. The fourth-order valence-corrected chi connectivity index (χ4v) is 2.90. The molecule has 0 heterocycles. The first-order chi connectivity index (χ1) is 13.5. The number of amides is 2. The molecule has 148 valence electrons. The Morgan fingerprint density at radius 3 is 2.61 bits per heavy atom. The molecule has 0 unspecified atom stereocenters. The van der Waals surface area contributed by atoms with Crippen molar-refractivity contribution in [2.45, 2.75) is 32.2 Å². The van der Waals surface area contributed by atoms with Crippen LogP contribution in [-0.2, 0) is 0 Å². The van der Waals surface area contributed by atoms with Crippen LogP contribution in [-0.4, -0.2) is 31.6 Å². The van der Waals surface area contributed by atoms with Crippen molar-refractivity contribution >= 4 is 29.1 Å². The molecule has 0 spiro atoms. The predicted molar refractivity (Wildman–Crippen MR) is 109 cm³/mol. The lowest BCUT2D eigenvalue weighted by Crippen LogP contribution is -2.25. The van der Waals surface area contributed by atoms with Crippen molar-refractivity contribution in [1.82, 2.24) is 5.32 Å². The van der Waals surface area contributed by atoms with Gasteiger partial charge >= 0.3 is 0 Å². The molecule has 3 rings (SSSR count). The Kier molecular flexibility index (Phi) is 6.41. The summed E-state index contributed by atoms with van der Waals surface area (Å²) in [4.78, 5) is 24.8. The quantitative estimate of drug-likeness (QED) is 0.690. The van der Waals surface area contributed by atoms with E-state index >= 15 is 0 Å². The van der Waals surface area contributed by atoms with Gasteiger partial charge in [0.2, 0.25) is 0 Å². The maximum absolute atomic E-state index is 12.7. The van der Waals surface area contributed by atoms with E-state index in [1.165, 1.54) is 13.2 Å². The molecule has 0 radical (unpaired) electrons. The molecule has 7 heteroatoms. The monoisotopic (exact) mass is 402 g/mol. The summed E-state index contributed by atoms with van der Waals surface area (Å²) < 4.78 is 10.9. The van der Waals surface area contributed by atoms with E-state index in [1.807, 2.05) is 6.92 Å². The Morgan fingerprint density at radius 2 is 1.93 bits per heavy atom. The summed E-state index contributed by atoms with van der Waals surface area (Å²) in [6.45, 7) is 2.48. The largest absolute Gasteiger partial charge is 0.493 e. The minimum atomic E-state index is -0.359. The molecule has 6 nitrogen and oxygen atoms in total. The Labute approximate surface area is 169 Å². The molecule has 28 heavy (non-hydrogen) atoms. The number of hydrogen-bond donors (Lipinski definition) is 2. The summed E-state index contributed by atoms with van der Waals surface area (Å²) in [5, 5.41) is 6.02. The summed E-state index contributed by atoms with van der Waals surface area (Å²) in [6.07, 6.45) is 2.86. The van der Waals surface area contributed by atoms with Crippen LogP contribution in [0.15, 0.2) is 36.4 Å². The van der Waals surface area contributed by atoms with Gasteiger partial charge in [-0.3, -0.25) is 9.59 Å². The van der Waals surface area contributed by atoms with E-state index < -0.39 is 0 Å². The zero-order valence-corrected chi connectivity index (χ0v) is 16.6. The van der Waals surface area contributed by atoms with E-state index in [0.717, 1.165) is 19.3 Å². The highest BCUT2D eigenvalue weighted by molar-refractivity contribution is 6.32. The number of ether oxygens (including phenoxy) is 2. The number of carbonyl (C=O) groups excluding carboxylic acids is 2. The molecule has 0 bridgehead atoms. The minimum absolute atomic E-state index is 0.138. The highest BCUT2D eigenvalue weighted by Crippen LogP contribution is 2.36. The van der Waals surface area contributed by atoms with Crippen molar-refractivity contribution in [1.29, 1.82) is 0 Å². The van der Waals surface area contributed by atoms with Crippen molar-refractivity contribution in [2.75, 3.05) is 19.0 Å². The van der Waals surface area contributed by atoms with E-state index in [9.17, 15) is 9.59 Å². The molecule has 2 aromatic carbocycles. The first kappa shape index (κ1) is 20.0. The molecule has 2 N–H and O–H groups in total. The van der Waals surface area contributed by atoms with Gasteiger partial charge in [0, 0.05) is 22.9 Å². The van der Waals surface area contributed by atoms with Gasteiger partial charge in [0.1, 0.15) is 0 Å². The SMILES string of the molecule is CCCOc1c(Cl)cc(C(=O)Nc2cccc(C(=O)NC3CC3)c2)cc1OC. The average Bonchev–Trinajstić information content (AvgIpc) is 3.50. The van der Waals surface area contributed by atoms with Gasteiger partial charge in [0.25, 0.3) is 11.8 Å². The molecule has 1 fully saturated rings. The van der Waals surface area contributed by atoms with E-state index in [2.05, 4.69) is 10.6 Å². The second-order valence-corrected chi connectivity index (χ2v) is 7.03. The van der Waals surface area contributed by atoms with Crippen LogP contribution in [0, 0.1) is 0 Å². The van der Waals surface area contributed by atoms with Crippen LogP contribution in [0.2, 0.25) is 5.02 Å². The van der Waals surface area contributed by atoms with Crippen LogP contribution in [0.5, 0.6) is 11.5 Å². The van der Waals surface area contributed by atoms with Crippen molar-refractivity contribution in [3.63, 3.8) is 0 Å². The minimum Gasteiger partial charge on any atom is -0.493 e. The van der Waals surface area contributed by atoms with E-state index in [-0.39, 0.29) is 17.9 Å². The van der Waals surface area contributed by atoms with E-state index in [0.29, 0.717) is 39.9 Å². The standard InChI is InChI=1S/C21H23ClN2O4/c1-3-9-28-19-17(22)11-14(12-18(19)27-2)21(26)24-16-6-4-5-13(10-16)20(25)23-15-7-8-15/h4-6,10-12,15H,3,7-9H2,1-2H3,(H,23,25)(H,24,26). The zero-order chi connectivity index (χ0) is 20.1. The summed E-state index contributed by atoms with van der Waals surface area (Å²) in [7, 11) is 1.49. The third-order valence-electron chi connectivity index (χ3n) is 4.24. The molecule has 1 saturated carbocycles. The van der Waals surface area contributed by atoms with Crippen molar-refractivity contribution in [3.05, 3.63) is 52.5 Å². The number of carbonyl (C=O) groups is 2. The summed E-state index contributed by atoms with van der Waals surface area (Å²) in [5.41, 5.74) is 1.36. The van der Waals surface area contributed by atoms with Gasteiger partial charge < -0.3 is 20.1 Å². The third kappa shape index (κ3) is 4.95. The number of nitrogens with one attached hydrogen (secondary N) is 2. The number of halogens is 1. The predicted octanol–water partition coefficient (Wildman–Crippen LogP) is 4.28. The first-order valence-electron chi connectivity index (χ1n) is 9.24. The summed E-state index contributed by atoms with van der Waals surface area (Å²) in [5.74, 6) is 0.313. The van der Waals surface area contributed by atoms with Crippen LogP contribution in [0.3, 0.4) is 0 Å². The van der Waals surface area contributed by atoms with Gasteiger partial charge in [-0.2, -0.15) is 0 Å². The number of hydrogen-bond acceptors (Lipinski definition) is 4. The van der Waals surface area contributed by atoms with Crippen LogP contribution >= 0.6 is 11.6 Å². The van der Waals surface area contributed by atoms with Crippen molar-refractivity contribution < 1.29 is 19.1 Å². The normalized spacial score (nSPS) is 13.0. The van der Waals surface area contributed by atoms with Gasteiger partial charge in [-0.05, 0) is 49.6 Å². The number of anilines is 1. The van der Waals surface area contributed by atoms with Crippen molar-refractivity contribution in [2.24, 2.45) is 0 Å². The Bertz CT molecular complexity index is 881. The molecule has 0 atom stereocenters. The summed E-state index contributed by atoms with van der Waals surface area (Å²) in [6, 6.07) is 10.2. The zero-order valence-electron chi connectivity index (χ0n) is 15.9. The maximum atomic E-state index is 12.7. The fraction of sp³-hybridized carbons (Fsp3) is 0.333. The van der Waals surface area contributed by atoms with Crippen molar-refractivity contribution in [3.8, 4) is 11.5 Å². The van der Waals surface area contributed by atoms with Gasteiger partial charge in [0.05, 0.1) is 18.7 Å². The first-order valence-corrected chi connectivity index (χ1v) is 9.62. The van der Waals surface area contributed by atoms with Gasteiger partial charge in [-0.1, -0.05) is 24.6 Å². The Balaban J connectivity index is 1.75. The molecule has 2 aromatic rings. The molecule has 2 amide bonds. The van der Waals surface area contributed by atoms with Crippen LogP contribution in [0.1, 0.15) is 46.9 Å². The lowest BCUT2D eigenvalue weighted by molar-refractivity contribution is 0.0949. The van der Waals surface area contributed by atoms with E-state index in [4.69, 9.17) is 21.1 Å². The average molecular weight is 403 g/mol. The molecule has 0 saturated heterocycles.